The van der Waals surface area contributed by atoms with Crippen molar-refractivity contribution in [1.82, 2.24) is 10.6 Å². The fraction of sp³-hybridized carbons (Fsp3) is 0.900. The summed E-state index contributed by atoms with van der Waals surface area (Å²) >= 11 is 0. The molecule has 2 N–H and O–H groups in total. The number of amides is 1. The van der Waals surface area contributed by atoms with E-state index in [0.29, 0.717) is 24.7 Å². The van der Waals surface area contributed by atoms with Gasteiger partial charge in [0.15, 0.2) is 0 Å². The standard InChI is InChI=1S/C10H18N2O2/c1-2-14-10(13)12-9-5-7-3-4-8(6-9)11-7/h7-9,11H,2-6H2,1H3,(H,12,13). The summed E-state index contributed by atoms with van der Waals surface area (Å²) in [7, 11) is 0. The minimum absolute atomic E-state index is 0.265. The first-order valence-electron chi connectivity index (χ1n) is 5.47. The van der Waals surface area contributed by atoms with E-state index in [1.165, 1.54) is 12.8 Å². The lowest BCUT2D eigenvalue weighted by molar-refractivity contribution is 0.143. The molecule has 2 saturated heterocycles. The van der Waals surface area contributed by atoms with Gasteiger partial charge in [0.25, 0.3) is 0 Å². The topological polar surface area (TPSA) is 50.4 Å². The van der Waals surface area contributed by atoms with Gasteiger partial charge in [-0.15, -0.1) is 0 Å². The van der Waals surface area contributed by atoms with Crippen molar-refractivity contribution in [1.29, 1.82) is 0 Å². The SMILES string of the molecule is CCOC(=O)NC1CC2CCC(C1)N2. The molecule has 0 aromatic carbocycles. The van der Waals surface area contributed by atoms with Gasteiger partial charge < -0.3 is 15.4 Å². The molecule has 2 heterocycles. The van der Waals surface area contributed by atoms with Gasteiger partial charge in [0, 0.05) is 18.1 Å². The van der Waals surface area contributed by atoms with E-state index in [1.54, 1.807) is 0 Å². The molecule has 14 heavy (non-hydrogen) atoms. The molecule has 0 aliphatic carbocycles. The van der Waals surface area contributed by atoms with Crippen LogP contribution < -0.4 is 10.6 Å². The van der Waals surface area contributed by atoms with Crippen molar-refractivity contribution in [2.45, 2.75) is 50.7 Å². The maximum Gasteiger partial charge on any atom is 0.407 e. The van der Waals surface area contributed by atoms with Crippen LogP contribution in [-0.2, 0) is 4.74 Å². The number of rotatable bonds is 2. The monoisotopic (exact) mass is 198 g/mol. The molecule has 0 spiro atoms. The van der Waals surface area contributed by atoms with Gasteiger partial charge in [0.2, 0.25) is 0 Å². The van der Waals surface area contributed by atoms with E-state index in [1.807, 2.05) is 6.92 Å². The van der Waals surface area contributed by atoms with Crippen LogP contribution in [0, 0.1) is 0 Å². The average Bonchev–Trinajstić information content (AvgIpc) is 2.46. The van der Waals surface area contributed by atoms with Crippen molar-refractivity contribution < 1.29 is 9.53 Å². The molecule has 2 atom stereocenters. The summed E-state index contributed by atoms with van der Waals surface area (Å²) in [6, 6.07) is 1.54. The smallest absolute Gasteiger partial charge is 0.407 e. The van der Waals surface area contributed by atoms with Crippen molar-refractivity contribution in [2.24, 2.45) is 0 Å². The van der Waals surface area contributed by atoms with Crippen LogP contribution in [0.5, 0.6) is 0 Å². The maximum absolute atomic E-state index is 11.2. The Kier molecular flexibility index (Phi) is 2.91. The number of alkyl carbamates (subject to hydrolysis) is 1. The number of hydrogen-bond acceptors (Lipinski definition) is 3. The van der Waals surface area contributed by atoms with Crippen molar-refractivity contribution >= 4 is 6.09 Å². The minimum Gasteiger partial charge on any atom is -0.450 e. The third kappa shape index (κ3) is 2.18. The van der Waals surface area contributed by atoms with E-state index < -0.39 is 0 Å². The number of fused-ring (bicyclic) bond motifs is 2. The molecule has 0 aromatic heterocycles. The van der Waals surface area contributed by atoms with Crippen LogP contribution in [-0.4, -0.2) is 30.8 Å². The van der Waals surface area contributed by atoms with Crippen LogP contribution in [0.25, 0.3) is 0 Å². The van der Waals surface area contributed by atoms with Gasteiger partial charge in [-0.25, -0.2) is 4.79 Å². The number of piperidine rings is 1. The molecule has 2 unspecified atom stereocenters. The van der Waals surface area contributed by atoms with Crippen LogP contribution >= 0.6 is 0 Å². The predicted molar refractivity (Wildman–Crippen MR) is 53.1 cm³/mol. The molecule has 2 rings (SSSR count). The highest BCUT2D eigenvalue weighted by molar-refractivity contribution is 5.67. The molecule has 4 heteroatoms. The van der Waals surface area contributed by atoms with Crippen LogP contribution in [0.4, 0.5) is 4.79 Å². The second-order valence-electron chi connectivity index (χ2n) is 4.17. The summed E-state index contributed by atoms with van der Waals surface area (Å²) in [6.07, 6.45) is 4.35. The predicted octanol–water partition coefficient (Wildman–Crippen LogP) is 1.02. The molecule has 4 nitrogen and oxygen atoms in total. The zero-order valence-corrected chi connectivity index (χ0v) is 8.58. The normalized spacial score (nSPS) is 35.4. The van der Waals surface area contributed by atoms with Crippen LogP contribution in [0.3, 0.4) is 0 Å². The summed E-state index contributed by atoms with van der Waals surface area (Å²) in [5.41, 5.74) is 0. The molecular weight excluding hydrogens is 180 g/mol. The molecule has 80 valence electrons. The zero-order valence-electron chi connectivity index (χ0n) is 8.58. The Morgan fingerprint density at radius 3 is 2.64 bits per heavy atom. The van der Waals surface area contributed by atoms with E-state index >= 15 is 0 Å². The van der Waals surface area contributed by atoms with Crippen LogP contribution in [0.2, 0.25) is 0 Å². The molecule has 2 fully saturated rings. The van der Waals surface area contributed by atoms with Gasteiger partial charge in [0.1, 0.15) is 0 Å². The highest BCUT2D eigenvalue weighted by atomic mass is 16.5. The number of nitrogens with one attached hydrogen (secondary N) is 2. The third-order valence-electron chi connectivity index (χ3n) is 3.07. The molecule has 0 aromatic rings. The van der Waals surface area contributed by atoms with Crippen molar-refractivity contribution in [3.8, 4) is 0 Å². The summed E-state index contributed by atoms with van der Waals surface area (Å²) in [4.78, 5) is 11.2. The van der Waals surface area contributed by atoms with Crippen molar-refractivity contribution in [3.63, 3.8) is 0 Å². The summed E-state index contributed by atoms with van der Waals surface area (Å²) < 4.78 is 4.87. The lowest BCUT2D eigenvalue weighted by Gasteiger charge is -2.29. The number of carbonyl (C=O) groups excluding carboxylic acids is 1. The van der Waals surface area contributed by atoms with Crippen LogP contribution in [0.15, 0.2) is 0 Å². The molecule has 0 saturated carbocycles. The Labute approximate surface area is 84.4 Å². The highest BCUT2D eigenvalue weighted by Crippen LogP contribution is 2.26. The minimum atomic E-state index is -0.265. The fourth-order valence-electron chi connectivity index (χ4n) is 2.51. The first-order chi connectivity index (χ1) is 6.78. The van der Waals surface area contributed by atoms with Gasteiger partial charge in [-0.3, -0.25) is 0 Å². The Balaban J connectivity index is 1.79. The van der Waals surface area contributed by atoms with Gasteiger partial charge in [0.05, 0.1) is 6.61 Å². The lowest BCUT2D eigenvalue weighted by atomic mass is 10.0. The molecule has 0 radical (unpaired) electrons. The Morgan fingerprint density at radius 1 is 1.43 bits per heavy atom. The zero-order chi connectivity index (χ0) is 9.97. The third-order valence-corrected chi connectivity index (χ3v) is 3.07. The number of ether oxygens (including phenoxy) is 1. The van der Waals surface area contributed by atoms with Gasteiger partial charge in [-0.1, -0.05) is 0 Å². The van der Waals surface area contributed by atoms with E-state index in [0.717, 1.165) is 12.8 Å². The molecule has 2 aliphatic rings. The van der Waals surface area contributed by atoms with Gasteiger partial charge in [-0.05, 0) is 32.6 Å². The first-order valence-corrected chi connectivity index (χ1v) is 5.47. The van der Waals surface area contributed by atoms with Crippen molar-refractivity contribution in [2.75, 3.05) is 6.61 Å². The van der Waals surface area contributed by atoms with E-state index in [-0.39, 0.29) is 6.09 Å². The van der Waals surface area contributed by atoms with E-state index in [4.69, 9.17) is 4.74 Å². The fourth-order valence-corrected chi connectivity index (χ4v) is 2.51. The first kappa shape index (κ1) is 9.77. The second-order valence-corrected chi connectivity index (χ2v) is 4.17. The Bertz CT molecular complexity index is 208. The molecule has 2 aliphatic heterocycles. The van der Waals surface area contributed by atoms with Gasteiger partial charge in [-0.2, -0.15) is 0 Å². The number of carbonyl (C=O) groups is 1. The average molecular weight is 198 g/mol. The van der Waals surface area contributed by atoms with Crippen molar-refractivity contribution in [3.05, 3.63) is 0 Å². The second kappa shape index (κ2) is 4.17. The molecule has 1 amide bonds. The molecular formula is C10H18N2O2. The molecule has 2 bridgehead atoms. The maximum atomic E-state index is 11.2. The summed E-state index contributed by atoms with van der Waals surface area (Å²) in [6.45, 7) is 2.27. The lowest BCUT2D eigenvalue weighted by Crippen LogP contribution is -2.48. The quantitative estimate of drug-likeness (QED) is 0.696. The van der Waals surface area contributed by atoms with E-state index in [2.05, 4.69) is 10.6 Å². The highest BCUT2D eigenvalue weighted by Gasteiger charge is 2.34. The largest absolute Gasteiger partial charge is 0.450 e. The Morgan fingerprint density at radius 2 is 2.07 bits per heavy atom. The van der Waals surface area contributed by atoms with Crippen LogP contribution in [0.1, 0.15) is 32.6 Å². The summed E-state index contributed by atoms with van der Waals surface area (Å²) in [5.74, 6) is 0. The Hall–Kier alpha value is -0.770. The summed E-state index contributed by atoms with van der Waals surface area (Å²) in [5, 5.41) is 6.45. The van der Waals surface area contributed by atoms with Gasteiger partial charge >= 0.3 is 6.09 Å². The van der Waals surface area contributed by atoms with E-state index in [9.17, 15) is 4.79 Å². The number of hydrogen-bond donors (Lipinski definition) is 2.